The Kier molecular flexibility index (Phi) is 6.38. The average molecular weight is 400 g/mol. The highest BCUT2D eigenvalue weighted by molar-refractivity contribution is 5.97. The third-order valence-electron chi connectivity index (χ3n) is 6.71. The van der Waals surface area contributed by atoms with Crippen molar-refractivity contribution in [2.75, 3.05) is 39.8 Å². The van der Waals surface area contributed by atoms with Crippen LogP contribution in [-0.2, 0) is 4.79 Å². The Labute approximate surface area is 173 Å². The lowest BCUT2D eigenvalue weighted by molar-refractivity contribution is -0.129. The summed E-state index contributed by atoms with van der Waals surface area (Å²) in [5, 5.41) is 3.22. The second-order valence-electron chi connectivity index (χ2n) is 8.71. The largest absolute Gasteiger partial charge is 0.496 e. The van der Waals surface area contributed by atoms with Crippen molar-refractivity contribution < 1.29 is 14.3 Å². The molecule has 2 aliphatic carbocycles. The Morgan fingerprint density at radius 1 is 1.07 bits per heavy atom. The zero-order valence-corrected chi connectivity index (χ0v) is 17.4. The summed E-state index contributed by atoms with van der Waals surface area (Å²) in [6.07, 6.45) is 7.23. The minimum atomic E-state index is -0.0419. The van der Waals surface area contributed by atoms with Gasteiger partial charge < -0.3 is 15.0 Å². The van der Waals surface area contributed by atoms with Crippen molar-refractivity contribution in [2.45, 2.75) is 44.6 Å². The number of para-hydroxylation sites is 1. The van der Waals surface area contributed by atoms with E-state index in [1.165, 1.54) is 25.7 Å². The van der Waals surface area contributed by atoms with Crippen LogP contribution in [0.5, 0.6) is 5.75 Å². The van der Waals surface area contributed by atoms with Crippen LogP contribution >= 0.6 is 0 Å². The predicted molar refractivity (Wildman–Crippen MR) is 112 cm³/mol. The fraction of sp³-hybridized carbons (Fsp3) is 0.652. The van der Waals surface area contributed by atoms with E-state index >= 15 is 0 Å². The van der Waals surface area contributed by atoms with Gasteiger partial charge in [-0.25, -0.2) is 0 Å². The smallest absolute Gasteiger partial charge is 0.257 e. The molecule has 1 aliphatic heterocycles. The van der Waals surface area contributed by atoms with E-state index in [1.54, 1.807) is 7.11 Å². The topological polar surface area (TPSA) is 61.9 Å². The summed E-state index contributed by atoms with van der Waals surface area (Å²) in [6.45, 7) is 3.62. The number of nitrogens with one attached hydrogen (secondary N) is 1. The summed E-state index contributed by atoms with van der Waals surface area (Å²) < 4.78 is 5.36. The number of methoxy groups -OCH3 is 1. The molecule has 29 heavy (non-hydrogen) atoms. The van der Waals surface area contributed by atoms with Crippen molar-refractivity contribution in [3.05, 3.63) is 29.8 Å². The molecule has 0 radical (unpaired) electrons. The molecule has 1 saturated heterocycles. The molecule has 1 atom stereocenters. The van der Waals surface area contributed by atoms with Gasteiger partial charge in [0, 0.05) is 32.7 Å². The summed E-state index contributed by atoms with van der Waals surface area (Å²) in [6, 6.07) is 7.34. The Morgan fingerprint density at radius 2 is 1.76 bits per heavy atom. The molecule has 1 aromatic rings. The summed E-state index contributed by atoms with van der Waals surface area (Å²) in [4.78, 5) is 30.2. The van der Waals surface area contributed by atoms with Gasteiger partial charge in [-0.15, -0.1) is 0 Å². The normalized spacial score (nSPS) is 21.8. The van der Waals surface area contributed by atoms with Gasteiger partial charge in [0.05, 0.1) is 18.7 Å². The number of piperazine rings is 1. The number of ether oxygens (including phenoxy) is 1. The number of rotatable bonds is 7. The van der Waals surface area contributed by atoms with E-state index in [0.29, 0.717) is 36.2 Å². The number of amides is 2. The minimum absolute atomic E-state index is 0.0118. The fourth-order valence-corrected chi connectivity index (χ4v) is 4.82. The zero-order valence-electron chi connectivity index (χ0n) is 17.4. The summed E-state index contributed by atoms with van der Waals surface area (Å²) in [5.74, 6) is 1.97. The number of nitrogens with zero attached hydrogens (tertiary/aromatic N) is 2. The zero-order chi connectivity index (χ0) is 20.2. The summed E-state index contributed by atoms with van der Waals surface area (Å²) >= 11 is 0. The van der Waals surface area contributed by atoms with Gasteiger partial charge in [-0.2, -0.15) is 0 Å². The second-order valence-corrected chi connectivity index (χ2v) is 8.71. The van der Waals surface area contributed by atoms with Crippen LogP contribution in [0.15, 0.2) is 24.3 Å². The van der Waals surface area contributed by atoms with E-state index in [4.69, 9.17) is 4.74 Å². The van der Waals surface area contributed by atoms with Crippen molar-refractivity contribution in [3.8, 4) is 5.75 Å². The lowest BCUT2D eigenvalue weighted by Gasteiger charge is -2.40. The van der Waals surface area contributed by atoms with E-state index in [-0.39, 0.29) is 17.9 Å². The molecule has 6 heteroatoms. The molecule has 1 aromatic carbocycles. The molecule has 3 fully saturated rings. The Hall–Kier alpha value is -2.08. The van der Waals surface area contributed by atoms with Crippen LogP contribution in [-0.4, -0.2) is 67.5 Å². The SMILES string of the molecule is COc1ccccc1C(=O)N1CCN(C(C(=O)NCC2CC2)C2CCCC2)CC1. The summed E-state index contributed by atoms with van der Waals surface area (Å²) in [7, 11) is 1.59. The second kappa shape index (κ2) is 9.16. The van der Waals surface area contributed by atoms with Crippen molar-refractivity contribution in [3.63, 3.8) is 0 Å². The van der Waals surface area contributed by atoms with E-state index < -0.39 is 0 Å². The van der Waals surface area contributed by atoms with E-state index in [0.717, 1.165) is 32.5 Å². The molecule has 1 heterocycles. The van der Waals surface area contributed by atoms with Crippen LogP contribution in [0.1, 0.15) is 48.9 Å². The Balaban J connectivity index is 1.39. The molecule has 6 nitrogen and oxygen atoms in total. The quantitative estimate of drug-likeness (QED) is 0.765. The maximum Gasteiger partial charge on any atom is 0.257 e. The van der Waals surface area contributed by atoms with Crippen molar-refractivity contribution in [2.24, 2.45) is 11.8 Å². The molecule has 1 unspecified atom stereocenters. The highest BCUT2D eigenvalue weighted by Gasteiger charge is 2.38. The number of carbonyl (C=O) groups excluding carboxylic acids is 2. The van der Waals surface area contributed by atoms with E-state index in [9.17, 15) is 9.59 Å². The Bertz CT molecular complexity index is 720. The number of carbonyl (C=O) groups is 2. The van der Waals surface area contributed by atoms with Gasteiger partial charge in [-0.3, -0.25) is 14.5 Å². The molecule has 4 rings (SSSR count). The highest BCUT2D eigenvalue weighted by Crippen LogP contribution is 2.32. The molecule has 0 aromatic heterocycles. The van der Waals surface area contributed by atoms with Gasteiger partial charge in [0.15, 0.2) is 0 Å². The summed E-state index contributed by atoms with van der Waals surface area (Å²) in [5.41, 5.74) is 0.609. The van der Waals surface area contributed by atoms with Crippen LogP contribution in [0, 0.1) is 11.8 Å². The van der Waals surface area contributed by atoms with E-state index in [1.807, 2.05) is 29.2 Å². The van der Waals surface area contributed by atoms with Crippen LogP contribution in [0.4, 0.5) is 0 Å². The highest BCUT2D eigenvalue weighted by atomic mass is 16.5. The van der Waals surface area contributed by atoms with Gasteiger partial charge in [0.25, 0.3) is 5.91 Å². The monoisotopic (exact) mass is 399 g/mol. The maximum absolute atomic E-state index is 13.0. The molecule has 1 N–H and O–H groups in total. The molecule has 2 saturated carbocycles. The van der Waals surface area contributed by atoms with Crippen molar-refractivity contribution >= 4 is 11.8 Å². The Morgan fingerprint density at radius 3 is 2.41 bits per heavy atom. The van der Waals surface area contributed by atoms with Crippen molar-refractivity contribution in [1.82, 2.24) is 15.1 Å². The third-order valence-corrected chi connectivity index (χ3v) is 6.71. The van der Waals surface area contributed by atoms with Crippen LogP contribution in [0.2, 0.25) is 0 Å². The molecular formula is C23H33N3O3. The van der Waals surface area contributed by atoms with Crippen LogP contribution < -0.4 is 10.1 Å². The van der Waals surface area contributed by atoms with Crippen molar-refractivity contribution in [1.29, 1.82) is 0 Å². The molecule has 158 valence electrons. The average Bonchev–Trinajstić information content (AvgIpc) is 3.45. The molecule has 0 bridgehead atoms. The van der Waals surface area contributed by atoms with Crippen LogP contribution in [0.3, 0.4) is 0 Å². The molecule has 2 amide bonds. The number of hydrogen-bond acceptors (Lipinski definition) is 4. The maximum atomic E-state index is 13.0. The molecule has 3 aliphatic rings. The van der Waals surface area contributed by atoms with Crippen LogP contribution in [0.25, 0.3) is 0 Å². The predicted octanol–water partition coefficient (Wildman–Crippen LogP) is 2.54. The first kappa shape index (κ1) is 20.2. The first-order valence-electron chi connectivity index (χ1n) is 11.1. The van der Waals surface area contributed by atoms with Gasteiger partial charge in [-0.1, -0.05) is 25.0 Å². The number of hydrogen-bond donors (Lipinski definition) is 1. The first-order chi connectivity index (χ1) is 14.2. The fourth-order valence-electron chi connectivity index (χ4n) is 4.82. The lowest BCUT2D eigenvalue weighted by atomic mass is 9.95. The molecular weight excluding hydrogens is 366 g/mol. The van der Waals surface area contributed by atoms with Gasteiger partial charge in [-0.05, 0) is 49.7 Å². The first-order valence-corrected chi connectivity index (χ1v) is 11.1. The van der Waals surface area contributed by atoms with Gasteiger partial charge in [0.1, 0.15) is 5.75 Å². The standard InChI is InChI=1S/C23H33N3O3/c1-29-20-9-5-4-8-19(20)23(28)26-14-12-25(13-15-26)21(18-6-2-3-7-18)22(27)24-16-17-10-11-17/h4-5,8-9,17-18,21H,2-3,6-7,10-16H2,1H3,(H,24,27). The lowest BCUT2D eigenvalue weighted by Crippen LogP contribution is -2.58. The third kappa shape index (κ3) is 4.74. The molecule has 0 spiro atoms. The van der Waals surface area contributed by atoms with Gasteiger partial charge >= 0.3 is 0 Å². The minimum Gasteiger partial charge on any atom is -0.496 e. The number of benzene rings is 1. The van der Waals surface area contributed by atoms with E-state index in [2.05, 4.69) is 10.2 Å². The van der Waals surface area contributed by atoms with Gasteiger partial charge in [0.2, 0.25) is 5.91 Å².